The lowest BCUT2D eigenvalue weighted by Crippen LogP contribution is -2.11. The monoisotopic (exact) mass is 334 g/mol. The maximum Gasteiger partial charge on any atom is 0.397 e. The first-order valence-corrected chi connectivity index (χ1v) is 9.08. The van der Waals surface area contributed by atoms with E-state index in [1.54, 1.807) is 25.1 Å². The fraction of sp³-hybridized carbons (Fsp3) is 0.143. The average Bonchev–Trinajstić information content (AvgIpc) is 2.14. The summed E-state index contributed by atoms with van der Waals surface area (Å²) >= 11 is 0. The van der Waals surface area contributed by atoms with Crippen molar-refractivity contribution < 1.29 is 38.9 Å². The zero-order valence-electron chi connectivity index (χ0n) is 9.33. The van der Waals surface area contributed by atoms with Crippen LogP contribution in [0.5, 0.6) is 0 Å². The Morgan fingerprint density at radius 1 is 0.789 bits per heavy atom. The molecule has 1 aromatic carbocycles. The SMILES string of the molecule is Cc1ccccc1S(=O)(=O)O.O=S(=O)(O)S(=O)(=O)O. The maximum absolute atomic E-state index is 10.6. The van der Waals surface area contributed by atoms with E-state index in [-0.39, 0.29) is 4.90 Å². The molecule has 0 fully saturated rings. The molecule has 1 rings (SSSR count). The molecular weight excluding hydrogens is 324 g/mol. The van der Waals surface area contributed by atoms with Gasteiger partial charge in [0.25, 0.3) is 10.1 Å². The summed E-state index contributed by atoms with van der Waals surface area (Å²) in [5, 5.41) is 0. The summed E-state index contributed by atoms with van der Waals surface area (Å²) in [6.07, 6.45) is 0. The molecule has 0 atom stereocenters. The Hall–Kier alpha value is -1.05. The second kappa shape index (κ2) is 5.94. The van der Waals surface area contributed by atoms with Crippen LogP contribution in [0.25, 0.3) is 0 Å². The van der Waals surface area contributed by atoms with Crippen LogP contribution in [0, 0.1) is 6.92 Å². The van der Waals surface area contributed by atoms with Crippen LogP contribution >= 0.6 is 0 Å². The first kappa shape index (κ1) is 17.9. The second-order valence-electron chi connectivity index (χ2n) is 3.10. The molecule has 0 bridgehead atoms. The van der Waals surface area contributed by atoms with Gasteiger partial charge in [-0.05, 0) is 18.6 Å². The molecule has 1 aromatic rings. The van der Waals surface area contributed by atoms with Gasteiger partial charge in [-0.3, -0.25) is 13.7 Å². The molecular formula is C7H10O9S3. The lowest BCUT2D eigenvalue weighted by Gasteiger charge is -1.99. The fourth-order valence-electron chi connectivity index (χ4n) is 0.846. The third-order valence-corrected chi connectivity index (χ3v) is 4.78. The number of rotatable bonds is 2. The van der Waals surface area contributed by atoms with E-state index in [0.29, 0.717) is 5.56 Å². The average molecular weight is 334 g/mol. The molecule has 0 unspecified atom stereocenters. The van der Waals surface area contributed by atoms with Crippen LogP contribution in [0.2, 0.25) is 0 Å². The molecule has 0 saturated carbocycles. The molecule has 0 aliphatic rings. The van der Waals surface area contributed by atoms with Crippen LogP contribution in [0.3, 0.4) is 0 Å². The molecule has 110 valence electrons. The Morgan fingerprint density at radius 2 is 1.16 bits per heavy atom. The minimum Gasteiger partial charge on any atom is -0.282 e. The van der Waals surface area contributed by atoms with Gasteiger partial charge >= 0.3 is 18.3 Å². The van der Waals surface area contributed by atoms with E-state index in [1.165, 1.54) is 6.07 Å². The van der Waals surface area contributed by atoms with Gasteiger partial charge in [-0.2, -0.15) is 25.3 Å². The third-order valence-electron chi connectivity index (χ3n) is 1.64. The summed E-state index contributed by atoms with van der Waals surface area (Å²) in [5.41, 5.74) is 0.551. The molecule has 0 spiro atoms. The number of hydrogen-bond acceptors (Lipinski definition) is 6. The summed E-state index contributed by atoms with van der Waals surface area (Å²) in [6, 6.07) is 6.27. The van der Waals surface area contributed by atoms with E-state index >= 15 is 0 Å². The predicted molar refractivity (Wildman–Crippen MR) is 64.1 cm³/mol. The molecule has 0 aliphatic heterocycles. The molecule has 0 amide bonds. The molecule has 9 nitrogen and oxygen atoms in total. The van der Waals surface area contributed by atoms with Gasteiger partial charge in [-0.1, -0.05) is 18.2 Å². The molecule has 0 radical (unpaired) electrons. The van der Waals surface area contributed by atoms with Crippen molar-refractivity contribution in [3.8, 4) is 0 Å². The molecule has 0 aromatic heterocycles. The Morgan fingerprint density at radius 3 is 1.37 bits per heavy atom. The highest BCUT2D eigenvalue weighted by Crippen LogP contribution is 2.12. The van der Waals surface area contributed by atoms with Crippen molar-refractivity contribution in [1.82, 2.24) is 0 Å². The lowest BCUT2D eigenvalue weighted by molar-refractivity contribution is 0.460. The highest BCUT2D eigenvalue weighted by molar-refractivity contribution is 8.62. The van der Waals surface area contributed by atoms with Gasteiger partial charge in [-0.25, -0.2) is 0 Å². The van der Waals surface area contributed by atoms with Crippen molar-refractivity contribution in [2.75, 3.05) is 0 Å². The highest BCUT2D eigenvalue weighted by Gasteiger charge is 2.22. The minimum atomic E-state index is -5.31. The van der Waals surface area contributed by atoms with E-state index in [1.807, 2.05) is 0 Å². The minimum absolute atomic E-state index is 0.0278. The van der Waals surface area contributed by atoms with Crippen LogP contribution in [0.1, 0.15) is 5.56 Å². The molecule has 19 heavy (non-hydrogen) atoms. The fourth-order valence-corrected chi connectivity index (χ4v) is 1.57. The topological polar surface area (TPSA) is 163 Å². The Labute approximate surface area is 109 Å². The lowest BCUT2D eigenvalue weighted by atomic mass is 10.2. The first-order chi connectivity index (χ1) is 8.27. The van der Waals surface area contributed by atoms with Crippen molar-refractivity contribution in [1.29, 1.82) is 0 Å². The van der Waals surface area contributed by atoms with Crippen LogP contribution in [0.4, 0.5) is 0 Å². The Kier molecular flexibility index (Phi) is 5.61. The van der Waals surface area contributed by atoms with Gasteiger partial charge in [0.2, 0.25) is 0 Å². The van der Waals surface area contributed by atoms with Crippen LogP contribution in [-0.2, 0) is 28.4 Å². The predicted octanol–water partition coefficient (Wildman–Crippen LogP) is -0.0813. The summed E-state index contributed by atoms with van der Waals surface area (Å²) in [5.74, 6) is 0. The van der Waals surface area contributed by atoms with Crippen molar-refractivity contribution >= 4 is 28.4 Å². The zero-order chi connectivity index (χ0) is 15.5. The number of benzene rings is 1. The summed E-state index contributed by atoms with van der Waals surface area (Å²) in [6.45, 7) is 1.63. The Bertz CT molecular complexity index is 713. The quantitative estimate of drug-likeness (QED) is 0.495. The van der Waals surface area contributed by atoms with Gasteiger partial charge in [-0.15, -0.1) is 0 Å². The highest BCUT2D eigenvalue weighted by atomic mass is 33.2. The summed E-state index contributed by atoms with van der Waals surface area (Å²) < 4.78 is 82.3. The zero-order valence-corrected chi connectivity index (χ0v) is 11.8. The standard InChI is InChI=1S/C7H8O3S.H2O6S2/c1-6-4-2-3-5-7(6)11(8,9)10;1-7(2,3)8(4,5)6/h2-5H,1H3,(H,8,9,10);(H,1,2,3)(H,4,5,6). The summed E-state index contributed by atoms with van der Waals surface area (Å²) in [4.78, 5) is -0.0278. The largest absolute Gasteiger partial charge is 0.397 e. The smallest absolute Gasteiger partial charge is 0.282 e. The Balaban J connectivity index is 0.000000362. The third kappa shape index (κ3) is 6.09. The second-order valence-corrected chi connectivity index (χ2v) is 8.72. The van der Waals surface area contributed by atoms with Crippen LogP contribution in [0.15, 0.2) is 29.2 Å². The number of hydrogen-bond donors (Lipinski definition) is 3. The van der Waals surface area contributed by atoms with Gasteiger partial charge < -0.3 is 0 Å². The van der Waals surface area contributed by atoms with Crippen molar-refractivity contribution in [3.05, 3.63) is 29.8 Å². The molecule has 3 N–H and O–H groups in total. The van der Waals surface area contributed by atoms with E-state index in [9.17, 15) is 25.3 Å². The van der Waals surface area contributed by atoms with Gasteiger partial charge in [0.15, 0.2) is 0 Å². The van der Waals surface area contributed by atoms with Crippen molar-refractivity contribution in [3.63, 3.8) is 0 Å². The maximum atomic E-state index is 10.6. The van der Waals surface area contributed by atoms with Crippen LogP contribution in [-0.4, -0.2) is 38.9 Å². The van der Waals surface area contributed by atoms with E-state index in [2.05, 4.69) is 0 Å². The first-order valence-electron chi connectivity index (χ1n) is 4.25. The van der Waals surface area contributed by atoms with Gasteiger partial charge in [0.05, 0.1) is 4.90 Å². The molecule has 12 heteroatoms. The van der Waals surface area contributed by atoms with E-state index in [4.69, 9.17) is 13.7 Å². The van der Waals surface area contributed by atoms with E-state index < -0.39 is 28.4 Å². The normalized spacial score (nSPS) is 12.4. The number of aryl methyl sites for hydroxylation is 1. The van der Waals surface area contributed by atoms with Crippen molar-refractivity contribution in [2.24, 2.45) is 0 Å². The molecule has 0 aliphatic carbocycles. The van der Waals surface area contributed by atoms with E-state index in [0.717, 1.165) is 0 Å². The molecule has 0 heterocycles. The van der Waals surface area contributed by atoms with Gasteiger partial charge in [0.1, 0.15) is 0 Å². The van der Waals surface area contributed by atoms with Gasteiger partial charge in [0, 0.05) is 0 Å². The molecule has 0 saturated heterocycles. The van der Waals surface area contributed by atoms with Crippen LogP contribution < -0.4 is 0 Å². The van der Waals surface area contributed by atoms with Crippen molar-refractivity contribution in [2.45, 2.75) is 11.8 Å². The summed E-state index contributed by atoms with van der Waals surface area (Å²) in [7, 11) is -14.7.